The molecule has 0 saturated heterocycles. The maximum Gasteiger partial charge on any atom is 0.244 e. The summed E-state index contributed by atoms with van der Waals surface area (Å²) in [6.45, 7) is 0. The highest BCUT2D eigenvalue weighted by molar-refractivity contribution is 7.90. The summed E-state index contributed by atoms with van der Waals surface area (Å²) in [4.78, 5) is -0.759. The molecule has 0 aliphatic carbocycles. The Morgan fingerprint density at radius 2 is 1.68 bits per heavy atom. The van der Waals surface area contributed by atoms with Crippen molar-refractivity contribution in [1.82, 2.24) is 4.72 Å². The second-order valence-corrected chi connectivity index (χ2v) is 9.63. The van der Waals surface area contributed by atoms with Crippen molar-refractivity contribution in [3.05, 3.63) is 51.0 Å². The number of hydrogen-bond donors (Lipinski definition) is 3. The summed E-state index contributed by atoms with van der Waals surface area (Å²) in [5.41, 5.74) is 0.641. The quantitative estimate of drug-likeness (QED) is 0.661. The molecule has 0 saturated carbocycles. The highest BCUT2D eigenvalue weighted by atomic mass is 35.5. The molecule has 3 rings (SSSR count). The Morgan fingerprint density at radius 3 is 2.28 bits per heavy atom. The van der Waals surface area contributed by atoms with Gasteiger partial charge in [0.1, 0.15) is 16.0 Å². The minimum absolute atomic E-state index is 0.132. The number of halogens is 3. The molecule has 2 aromatic carbocycles. The van der Waals surface area contributed by atoms with Crippen molar-refractivity contribution in [2.24, 2.45) is 5.14 Å². The number of fused-ring (bicyclic) bond motifs is 1. The molecule has 1 aliphatic rings. The molecule has 0 radical (unpaired) electrons. The Morgan fingerprint density at radius 1 is 1.00 bits per heavy atom. The topological polar surface area (TPSA) is 118 Å². The van der Waals surface area contributed by atoms with Crippen LogP contribution in [0.1, 0.15) is 11.7 Å². The van der Waals surface area contributed by atoms with Crippen LogP contribution in [-0.2, 0) is 20.0 Å². The number of nitrogens with one attached hydrogen (secondary N) is 2. The number of anilines is 1. The first-order chi connectivity index (χ1) is 11.5. The summed E-state index contributed by atoms with van der Waals surface area (Å²) in [6, 6.07) is 6.74. The van der Waals surface area contributed by atoms with Crippen LogP contribution in [-0.4, -0.2) is 16.8 Å². The largest absolute Gasteiger partial charge is 0.364 e. The van der Waals surface area contributed by atoms with Crippen molar-refractivity contribution in [1.29, 1.82) is 0 Å². The highest BCUT2D eigenvalue weighted by Gasteiger charge is 2.32. The van der Waals surface area contributed by atoms with E-state index in [1.807, 2.05) is 0 Å². The zero-order valence-electron chi connectivity index (χ0n) is 12.1. The van der Waals surface area contributed by atoms with Gasteiger partial charge in [-0.15, -0.1) is 0 Å². The van der Waals surface area contributed by atoms with E-state index in [-0.39, 0.29) is 20.6 Å². The van der Waals surface area contributed by atoms with Crippen molar-refractivity contribution in [3.63, 3.8) is 0 Å². The molecule has 25 heavy (non-hydrogen) atoms. The molecule has 1 unspecified atom stereocenters. The zero-order valence-corrected chi connectivity index (χ0v) is 16.0. The third-order valence-electron chi connectivity index (χ3n) is 3.48. The molecule has 4 N–H and O–H groups in total. The van der Waals surface area contributed by atoms with Crippen LogP contribution in [0.2, 0.25) is 15.1 Å². The fourth-order valence-electron chi connectivity index (χ4n) is 2.33. The van der Waals surface area contributed by atoms with E-state index in [1.165, 1.54) is 18.2 Å². The molecule has 1 heterocycles. The maximum atomic E-state index is 12.5. The molecule has 0 spiro atoms. The lowest BCUT2D eigenvalue weighted by molar-refractivity contribution is 0.562. The summed E-state index contributed by atoms with van der Waals surface area (Å²) >= 11 is 17.7. The van der Waals surface area contributed by atoms with Gasteiger partial charge in [0.15, 0.2) is 0 Å². The lowest BCUT2D eigenvalue weighted by Crippen LogP contribution is -2.38. The van der Waals surface area contributed by atoms with Crippen LogP contribution in [0.25, 0.3) is 0 Å². The molecule has 1 aliphatic heterocycles. The van der Waals surface area contributed by atoms with Crippen LogP contribution in [0.15, 0.2) is 40.1 Å². The molecule has 7 nitrogen and oxygen atoms in total. The number of benzene rings is 2. The minimum atomic E-state index is -4.18. The minimum Gasteiger partial charge on any atom is -0.364 e. The van der Waals surface area contributed by atoms with Crippen LogP contribution >= 0.6 is 34.8 Å². The normalized spacial score (nSPS) is 19.1. The van der Waals surface area contributed by atoms with Gasteiger partial charge in [-0.2, -0.15) is 4.72 Å². The van der Waals surface area contributed by atoms with Crippen molar-refractivity contribution in [2.75, 3.05) is 5.32 Å². The van der Waals surface area contributed by atoms with E-state index >= 15 is 0 Å². The molecule has 0 aromatic heterocycles. The molecule has 12 heteroatoms. The average molecular weight is 443 g/mol. The number of rotatable bonds is 2. The Labute approximate surface area is 159 Å². The Bertz CT molecular complexity index is 1090. The van der Waals surface area contributed by atoms with E-state index in [2.05, 4.69) is 10.0 Å². The first-order valence-electron chi connectivity index (χ1n) is 6.59. The summed E-state index contributed by atoms with van der Waals surface area (Å²) in [5, 5.41) is 8.36. The smallest absolute Gasteiger partial charge is 0.244 e. The maximum absolute atomic E-state index is 12.5. The molecule has 0 amide bonds. The van der Waals surface area contributed by atoms with Crippen molar-refractivity contribution in [3.8, 4) is 0 Å². The van der Waals surface area contributed by atoms with Crippen LogP contribution in [0.3, 0.4) is 0 Å². The van der Waals surface area contributed by atoms with Crippen LogP contribution < -0.4 is 15.2 Å². The molecule has 134 valence electrons. The molecule has 2 aromatic rings. The van der Waals surface area contributed by atoms with Gasteiger partial charge >= 0.3 is 0 Å². The van der Waals surface area contributed by atoms with Gasteiger partial charge in [-0.05, 0) is 29.8 Å². The predicted molar refractivity (Wildman–Crippen MR) is 96.0 cm³/mol. The van der Waals surface area contributed by atoms with Crippen LogP contribution in [0, 0.1) is 0 Å². The summed E-state index contributed by atoms with van der Waals surface area (Å²) in [6.07, 6.45) is -0.844. The second-order valence-electron chi connectivity index (χ2n) is 5.20. The van der Waals surface area contributed by atoms with Gasteiger partial charge in [0.05, 0.1) is 20.8 Å². The van der Waals surface area contributed by atoms with Gasteiger partial charge in [-0.1, -0.05) is 40.9 Å². The Hall–Kier alpha value is -1.07. The lowest BCUT2D eigenvalue weighted by Gasteiger charge is -2.29. The predicted octanol–water partition coefficient (Wildman–Crippen LogP) is 2.70. The lowest BCUT2D eigenvalue weighted by atomic mass is 10.1. The molecular weight excluding hydrogens is 433 g/mol. The Kier molecular flexibility index (Phi) is 4.70. The van der Waals surface area contributed by atoms with Gasteiger partial charge in [0, 0.05) is 0 Å². The van der Waals surface area contributed by atoms with Crippen molar-refractivity contribution < 1.29 is 16.8 Å². The highest BCUT2D eigenvalue weighted by Crippen LogP contribution is 2.37. The van der Waals surface area contributed by atoms with Gasteiger partial charge in [-0.3, -0.25) is 0 Å². The molecule has 1 atom stereocenters. The summed E-state index contributed by atoms with van der Waals surface area (Å²) < 4.78 is 50.5. The number of nitrogens with two attached hydrogens (primary N) is 1. The Balaban J connectivity index is 2.12. The number of sulfonamides is 2. The third kappa shape index (κ3) is 3.59. The summed E-state index contributed by atoms with van der Waals surface area (Å²) in [5.74, 6) is 0. The van der Waals surface area contributed by atoms with E-state index in [1.54, 1.807) is 6.07 Å². The van der Waals surface area contributed by atoms with Gasteiger partial charge < -0.3 is 5.32 Å². The summed E-state index contributed by atoms with van der Waals surface area (Å²) in [7, 11) is -8.21. The average Bonchev–Trinajstić information content (AvgIpc) is 2.47. The van der Waals surface area contributed by atoms with E-state index in [0.29, 0.717) is 10.6 Å². The van der Waals surface area contributed by atoms with Gasteiger partial charge in [0.25, 0.3) is 0 Å². The fourth-order valence-corrected chi connectivity index (χ4v) is 5.13. The standard InChI is InChI=1S/C13H10Cl3N3O4S2/c14-7-2-1-6(3-8(7)15)13-18-10-4-9(16)11(24(17,20)21)5-12(10)25(22,23)19-13/h1-5,13,18-19H,(H2,17,20,21). The van der Waals surface area contributed by atoms with E-state index < -0.39 is 31.1 Å². The molecule has 0 bridgehead atoms. The van der Waals surface area contributed by atoms with E-state index in [0.717, 1.165) is 6.07 Å². The van der Waals surface area contributed by atoms with E-state index in [4.69, 9.17) is 39.9 Å². The van der Waals surface area contributed by atoms with Gasteiger partial charge in [-0.25, -0.2) is 22.0 Å². The van der Waals surface area contributed by atoms with Crippen molar-refractivity contribution >= 4 is 60.5 Å². The first-order valence-corrected chi connectivity index (χ1v) is 10.8. The third-order valence-corrected chi connectivity index (χ3v) is 7.06. The monoisotopic (exact) mass is 441 g/mol. The first kappa shape index (κ1) is 18.7. The van der Waals surface area contributed by atoms with Gasteiger partial charge in [0.2, 0.25) is 20.0 Å². The number of primary sulfonamides is 1. The zero-order chi connectivity index (χ0) is 18.6. The van der Waals surface area contributed by atoms with Crippen LogP contribution in [0.5, 0.6) is 0 Å². The van der Waals surface area contributed by atoms with E-state index in [9.17, 15) is 16.8 Å². The van der Waals surface area contributed by atoms with Crippen molar-refractivity contribution in [2.45, 2.75) is 16.0 Å². The number of hydrogen-bond acceptors (Lipinski definition) is 5. The molecule has 0 fully saturated rings. The SMILES string of the molecule is NS(=O)(=O)c1cc2c(cc1Cl)NC(c1ccc(Cl)c(Cl)c1)NS2(=O)=O. The fraction of sp³-hybridized carbons (Fsp3) is 0.0769. The van der Waals surface area contributed by atoms with Crippen LogP contribution in [0.4, 0.5) is 5.69 Å². The second kappa shape index (κ2) is 6.27. The molecular formula is C13H10Cl3N3O4S2.